The average Bonchev–Trinajstić information content (AvgIpc) is 1.67. The van der Waals surface area contributed by atoms with Gasteiger partial charge in [0.25, 0.3) is 6.43 Å². The minimum atomic E-state index is -2.41. The minimum absolute atomic E-state index is 0.310. The fourth-order valence-electron chi connectivity index (χ4n) is 0.154. The molecule has 2 N–H and O–H groups in total. The number of alkyl halides is 2. The molecule has 0 aromatic heterocycles. The van der Waals surface area contributed by atoms with E-state index in [4.69, 9.17) is 5.73 Å². The van der Waals surface area contributed by atoms with Crippen molar-refractivity contribution in [2.24, 2.45) is 5.73 Å². The second-order valence-corrected chi connectivity index (χ2v) is 2.16. The predicted octanol–water partition coefficient (Wildman–Crippen LogP) is 1.38. The van der Waals surface area contributed by atoms with E-state index in [0.717, 1.165) is 0 Å². The molecule has 0 bridgehead atoms. The van der Waals surface area contributed by atoms with Crippen LogP contribution < -0.4 is 5.73 Å². The van der Waals surface area contributed by atoms with E-state index >= 15 is 0 Å². The highest BCUT2D eigenvalue weighted by Gasteiger charge is 2.27. The normalized spacial score (nSPS) is 18.8. The zero-order valence-corrected chi connectivity index (χ0v) is 5.12. The van der Waals surface area contributed by atoms with Gasteiger partial charge in [-0.3, -0.25) is 0 Å². The molecule has 0 rings (SSSR count). The van der Waals surface area contributed by atoms with Gasteiger partial charge < -0.3 is 5.73 Å². The van der Waals surface area contributed by atoms with Gasteiger partial charge in [0.1, 0.15) is 0 Å². The molecule has 3 heteroatoms. The van der Waals surface area contributed by atoms with Crippen molar-refractivity contribution in [3.8, 4) is 0 Å². The fraction of sp³-hybridized carbons (Fsp3) is 1.00. The molecule has 0 aromatic rings. The van der Waals surface area contributed by atoms with E-state index in [-0.39, 0.29) is 0 Å². The SMILES string of the molecule is CCC(C)(N)C(F)F. The predicted molar refractivity (Wildman–Crippen MR) is 28.9 cm³/mol. The Kier molecular flexibility index (Phi) is 2.34. The molecular formula is C5H11F2N. The highest BCUT2D eigenvalue weighted by Crippen LogP contribution is 2.14. The van der Waals surface area contributed by atoms with Crippen LogP contribution in [0.3, 0.4) is 0 Å². The average molecular weight is 123 g/mol. The van der Waals surface area contributed by atoms with Crippen molar-refractivity contribution in [2.75, 3.05) is 0 Å². The van der Waals surface area contributed by atoms with E-state index in [0.29, 0.717) is 6.42 Å². The smallest absolute Gasteiger partial charge is 0.255 e. The molecule has 8 heavy (non-hydrogen) atoms. The molecule has 0 aromatic carbocycles. The lowest BCUT2D eigenvalue weighted by atomic mass is 10.0. The van der Waals surface area contributed by atoms with Gasteiger partial charge in [-0.2, -0.15) is 0 Å². The van der Waals surface area contributed by atoms with Crippen molar-refractivity contribution in [1.82, 2.24) is 0 Å². The Labute approximate surface area is 47.9 Å². The van der Waals surface area contributed by atoms with E-state index < -0.39 is 12.0 Å². The molecule has 0 saturated carbocycles. The largest absolute Gasteiger partial charge is 0.321 e. The van der Waals surface area contributed by atoms with Gasteiger partial charge in [-0.05, 0) is 13.3 Å². The molecule has 1 nitrogen and oxygen atoms in total. The molecule has 0 heterocycles. The van der Waals surface area contributed by atoms with Crippen LogP contribution in [0.25, 0.3) is 0 Å². The van der Waals surface area contributed by atoms with Gasteiger partial charge in [-0.25, -0.2) is 8.78 Å². The second kappa shape index (κ2) is 2.40. The summed E-state index contributed by atoms with van der Waals surface area (Å²) in [5.74, 6) is 0. The maximum absolute atomic E-state index is 11.7. The summed E-state index contributed by atoms with van der Waals surface area (Å²) in [6, 6.07) is 0. The van der Waals surface area contributed by atoms with Gasteiger partial charge in [-0.15, -0.1) is 0 Å². The van der Waals surface area contributed by atoms with Gasteiger partial charge in [0.05, 0.1) is 5.54 Å². The highest BCUT2D eigenvalue weighted by molar-refractivity contribution is 4.78. The van der Waals surface area contributed by atoms with E-state index in [2.05, 4.69) is 0 Å². The first kappa shape index (κ1) is 7.82. The zero-order chi connectivity index (χ0) is 6.78. The van der Waals surface area contributed by atoms with Gasteiger partial charge in [-0.1, -0.05) is 6.92 Å². The van der Waals surface area contributed by atoms with Crippen LogP contribution in [-0.4, -0.2) is 12.0 Å². The summed E-state index contributed by atoms with van der Waals surface area (Å²) in [6.07, 6.45) is -2.10. The van der Waals surface area contributed by atoms with Crippen molar-refractivity contribution in [3.63, 3.8) is 0 Å². The molecule has 50 valence electrons. The Balaban J connectivity index is 3.71. The molecule has 0 fully saturated rings. The minimum Gasteiger partial charge on any atom is -0.321 e. The lowest BCUT2D eigenvalue weighted by Crippen LogP contribution is -2.42. The van der Waals surface area contributed by atoms with E-state index in [9.17, 15) is 8.78 Å². The zero-order valence-electron chi connectivity index (χ0n) is 5.12. The van der Waals surface area contributed by atoms with Crippen LogP contribution in [0.2, 0.25) is 0 Å². The Bertz CT molecular complexity index is 70.8. The topological polar surface area (TPSA) is 26.0 Å². The Morgan fingerprint density at radius 2 is 2.00 bits per heavy atom. The van der Waals surface area contributed by atoms with Crippen molar-refractivity contribution in [1.29, 1.82) is 0 Å². The molecule has 0 aliphatic rings. The standard InChI is InChI=1S/C5H11F2N/c1-3-5(2,8)4(6)7/h4H,3,8H2,1-2H3. The molecule has 0 radical (unpaired) electrons. The maximum Gasteiger partial charge on any atom is 0.255 e. The molecular weight excluding hydrogens is 112 g/mol. The maximum atomic E-state index is 11.7. The highest BCUT2D eigenvalue weighted by atomic mass is 19.3. The number of hydrogen-bond donors (Lipinski definition) is 1. The molecule has 0 aliphatic carbocycles. The van der Waals surface area contributed by atoms with Crippen LogP contribution in [0.15, 0.2) is 0 Å². The van der Waals surface area contributed by atoms with Crippen LogP contribution in [-0.2, 0) is 0 Å². The summed E-state index contributed by atoms with van der Waals surface area (Å²) < 4.78 is 23.4. The fourth-order valence-corrected chi connectivity index (χ4v) is 0.154. The Morgan fingerprint density at radius 3 is 2.00 bits per heavy atom. The van der Waals surface area contributed by atoms with Crippen molar-refractivity contribution >= 4 is 0 Å². The lowest BCUT2D eigenvalue weighted by molar-refractivity contribution is 0.0617. The van der Waals surface area contributed by atoms with Gasteiger partial charge >= 0.3 is 0 Å². The van der Waals surface area contributed by atoms with Crippen molar-refractivity contribution in [3.05, 3.63) is 0 Å². The molecule has 0 saturated heterocycles. The summed E-state index contributed by atoms with van der Waals surface area (Å²) in [4.78, 5) is 0. The molecule has 1 atom stereocenters. The van der Waals surface area contributed by atoms with Crippen molar-refractivity contribution in [2.45, 2.75) is 32.2 Å². The van der Waals surface area contributed by atoms with E-state index in [1.807, 2.05) is 0 Å². The third-order valence-corrected chi connectivity index (χ3v) is 1.26. The van der Waals surface area contributed by atoms with Gasteiger partial charge in [0, 0.05) is 0 Å². The third-order valence-electron chi connectivity index (χ3n) is 1.26. The molecule has 0 aliphatic heterocycles. The van der Waals surface area contributed by atoms with Crippen LogP contribution in [0.1, 0.15) is 20.3 Å². The van der Waals surface area contributed by atoms with Crippen molar-refractivity contribution < 1.29 is 8.78 Å². The number of hydrogen-bond acceptors (Lipinski definition) is 1. The first-order valence-corrected chi connectivity index (χ1v) is 2.57. The van der Waals surface area contributed by atoms with Gasteiger partial charge in [0.15, 0.2) is 0 Å². The summed E-state index contributed by atoms with van der Waals surface area (Å²) in [6.45, 7) is 2.99. The van der Waals surface area contributed by atoms with E-state index in [1.54, 1.807) is 6.92 Å². The van der Waals surface area contributed by atoms with Crippen LogP contribution in [0, 0.1) is 0 Å². The molecule has 0 amide bonds. The van der Waals surface area contributed by atoms with Crippen LogP contribution in [0.4, 0.5) is 8.78 Å². The van der Waals surface area contributed by atoms with E-state index in [1.165, 1.54) is 6.92 Å². The summed E-state index contributed by atoms with van der Waals surface area (Å²) in [7, 11) is 0. The first-order chi connectivity index (χ1) is 3.50. The first-order valence-electron chi connectivity index (χ1n) is 2.57. The second-order valence-electron chi connectivity index (χ2n) is 2.16. The summed E-state index contributed by atoms with van der Waals surface area (Å²) >= 11 is 0. The summed E-state index contributed by atoms with van der Waals surface area (Å²) in [5.41, 5.74) is 3.82. The van der Waals surface area contributed by atoms with Crippen LogP contribution >= 0.6 is 0 Å². The quantitative estimate of drug-likeness (QED) is 0.589. The van der Waals surface area contributed by atoms with Gasteiger partial charge in [0.2, 0.25) is 0 Å². The molecule has 0 spiro atoms. The molecule has 1 unspecified atom stereocenters. The monoisotopic (exact) mass is 123 g/mol. The summed E-state index contributed by atoms with van der Waals surface area (Å²) in [5, 5.41) is 0. The Morgan fingerprint density at radius 1 is 1.62 bits per heavy atom. The number of nitrogens with two attached hydrogens (primary N) is 1. The Hall–Kier alpha value is -0.180. The number of rotatable bonds is 2. The van der Waals surface area contributed by atoms with Crippen LogP contribution in [0.5, 0.6) is 0 Å². The third kappa shape index (κ3) is 1.74. The lowest BCUT2D eigenvalue weighted by Gasteiger charge is -2.20. The number of halogens is 2.